The van der Waals surface area contributed by atoms with Crippen molar-refractivity contribution in [2.45, 2.75) is 25.3 Å². The van der Waals surface area contributed by atoms with Crippen LogP contribution in [0.1, 0.15) is 12.8 Å². The zero-order valence-corrected chi connectivity index (χ0v) is 6.54. The Kier molecular flexibility index (Phi) is 2.97. The third-order valence-electron chi connectivity index (χ3n) is 2.02. The third-order valence-corrected chi connectivity index (χ3v) is 2.02. The molecule has 12 heavy (non-hydrogen) atoms. The number of hydrogen-bond donors (Lipinski definition) is 1. The molecule has 0 aliphatic carbocycles. The van der Waals surface area contributed by atoms with Gasteiger partial charge in [0.2, 0.25) is 0 Å². The number of nitrogens with zero attached hydrogens (tertiary/aromatic N) is 1. The first-order valence-corrected chi connectivity index (χ1v) is 3.86. The SMILES string of the molecule is O=C(O)[C@H]1CCCN1CC(F)F. The van der Waals surface area contributed by atoms with Crippen molar-refractivity contribution in [1.29, 1.82) is 0 Å². The zero-order chi connectivity index (χ0) is 9.14. The van der Waals surface area contributed by atoms with Gasteiger partial charge in [-0.25, -0.2) is 8.78 Å². The van der Waals surface area contributed by atoms with E-state index in [1.165, 1.54) is 4.90 Å². The molecule has 1 heterocycles. The molecule has 0 aromatic heterocycles. The molecule has 5 heteroatoms. The minimum absolute atomic E-state index is 0.420. The lowest BCUT2D eigenvalue weighted by atomic mass is 10.2. The first-order valence-electron chi connectivity index (χ1n) is 3.86. The summed E-state index contributed by atoms with van der Waals surface area (Å²) < 4.78 is 23.8. The lowest BCUT2D eigenvalue weighted by Gasteiger charge is -2.19. The van der Waals surface area contributed by atoms with Gasteiger partial charge in [0.05, 0.1) is 6.54 Å². The number of halogens is 2. The van der Waals surface area contributed by atoms with Gasteiger partial charge in [-0.3, -0.25) is 9.69 Å². The molecule has 0 radical (unpaired) electrons. The number of rotatable bonds is 3. The lowest BCUT2D eigenvalue weighted by Crippen LogP contribution is -2.38. The molecule has 70 valence electrons. The van der Waals surface area contributed by atoms with E-state index in [-0.39, 0.29) is 0 Å². The van der Waals surface area contributed by atoms with Crippen LogP contribution < -0.4 is 0 Å². The van der Waals surface area contributed by atoms with Gasteiger partial charge in [0.15, 0.2) is 0 Å². The van der Waals surface area contributed by atoms with Gasteiger partial charge < -0.3 is 5.11 Å². The van der Waals surface area contributed by atoms with Crippen LogP contribution in [0.25, 0.3) is 0 Å². The van der Waals surface area contributed by atoms with Gasteiger partial charge >= 0.3 is 5.97 Å². The Bertz CT molecular complexity index is 175. The van der Waals surface area contributed by atoms with Crippen LogP contribution in [-0.4, -0.2) is 41.5 Å². The summed E-state index contributed by atoms with van der Waals surface area (Å²) in [7, 11) is 0. The second kappa shape index (κ2) is 3.80. The Morgan fingerprint density at radius 2 is 2.33 bits per heavy atom. The smallest absolute Gasteiger partial charge is 0.320 e. The summed E-state index contributed by atoms with van der Waals surface area (Å²) in [6.45, 7) is 0.0538. The Morgan fingerprint density at radius 1 is 1.67 bits per heavy atom. The van der Waals surface area contributed by atoms with E-state index >= 15 is 0 Å². The van der Waals surface area contributed by atoms with Crippen LogP contribution in [-0.2, 0) is 4.79 Å². The van der Waals surface area contributed by atoms with Crippen molar-refractivity contribution in [2.75, 3.05) is 13.1 Å². The second-order valence-electron chi connectivity index (χ2n) is 2.88. The Hall–Kier alpha value is -0.710. The fraction of sp³-hybridized carbons (Fsp3) is 0.857. The number of carboxylic acids is 1. The first-order chi connectivity index (χ1) is 5.61. The topological polar surface area (TPSA) is 40.5 Å². The molecule has 1 atom stereocenters. The van der Waals surface area contributed by atoms with Crippen LogP contribution in [0.3, 0.4) is 0 Å². The predicted octanol–water partition coefficient (Wildman–Crippen LogP) is 0.800. The highest BCUT2D eigenvalue weighted by atomic mass is 19.3. The number of carbonyl (C=O) groups is 1. The second-order valence-corrected chi connectivity index (χ2v) is 2.88. The van der Waals surface area contributed by atoms with Crippen molar-refractivity contribution in [3.8, 4) is 0 Å². The molecule has 1 saturated heterocycles. The van der Waals surface area contributed by atoms with E-state index in [2.05, 4.69) is 0 Å². The Labute approximate surface area is 69.0 Å². The molecule has 0 saturated carbocycles. The first kappa shape index (κ1) is 9.38. The zero-order valence-electron chi connectivity index (χ0n) is 6.54. The third kappa shape index (κ3) is 2.14. The average molecular weight is 179 g/mol. The molecule has 0 amide bonds. The van der Waals surface area contributed by atoms with Crippen molar-refractivity contribution in [2.24, 2.45) is 0 Å². The summed E-state index contributed by atoms with van der Waals surface area (Å²) in [5, 5.41) is 8.61. The van der Waals surface area contributed by atoms with Crippen LogP contribution in [0.5, 0.6) is 0 Å². The fourth-order valence-corrected chi connectivity index (χ4v) is 1.50. The summed E-state index contributed by atoms with van der Waals surface area (Å²) in [6.07, 6.45) is -1.25. The molecule has 0 spiro atoms. The minimum atomic E-state index is -2.44. The normalized spacial score (nSPS) is 25.1. The van der Waals surface area contributed by atoms with Gasteiger partial charge in [-0.2, -0.15) is 0 Å². The summed E-state index contributed by atoms with van der Waals surface area (Å²) in [5.74, 6) is -0.992. The van der Waals surface area contributed by atoms with Gasteiger partial charge in [0.1, 0.15) is 6.04 Å². The van der Waals surface area contributed by atoms with Gasteiger partial charge in [-0.1, -0.05) is 0 Å². The van der Waals surface area contributed by atoms with Crippen molar-refractivity contribution in [3.63, 3.8) is 0 Å². The molecule has 0 aromatic rings. The number of aliphatic carboxylic acids is 1. The van der Waals surface area contributed by atoms with Crippen LogP contribution >= 0.6 is 0 Å². The van der Waals surface area contributed by atoms with E-state index in [0.29, 0.717) is 19.4 Å². The molecule has 1 fully saturated rings. The number of hydrogen-bond acceptors (Lipinski definition) is 2. The maximum atomic E-state index is 11.9. The molecule has 0 aromatic carbocycles. The van der Waals surface area contributed by atoms with Gasteiger partial charge in [-0.05, 0) is 19.4 Å². The van der Waals surface area contributed by atoms with Crippen molar-refractivity contribution in [3.05, 3.63) is 0 Å². The number of carboxylic acid groups (broad SMARTS) is 1. The monoisotopic (exact) mass is 179 g/mol. The van der Waals surface area contributed by atoms with Crippen molar-refractivity contribution < 1.29 is 18.7 Å². The molecule has 1 rings (SSSR count). The number of likely N-dealkylation sites (tertiary alicyclic amines) is 1. The average Bonchev–Trinajstić information content (AvgIpc) is 2.33. The number of alkyl halides is 2. The van der Waals surface area contributed by atoms with E-state index in [0.717, 1.165) is 0 Å². The van der Waals surface area contributed by atoms with Gasteiger partial charge in [0, 0.05) is 0 Å². The summed E-state index contributed by atoms with van der Waals surface area (Å²) >= 11 is 0. The van der Waals surface area contributed by atoms with Gasteiger partial charge in [-0.15, -0.1) is 0 Å². The van der Waals surface area contributed by atoms with Crippen molar-refractivity contribution in [1.82, 2.24) is 4.90 Å². The quantitative estimate of drug-likeness (QED) is 0.696. The molecular weight excluding hydrogens is 168 g/mol. The van der Waals surface area contributed by atoms with Crippen LogP contribution in [0.4, 0.5) is 8.78 Å². The van der Waals surface area contributed by atoms with Crippen LogP contribution in [0.15, 0.2) is 0 Å². The largest absolute Gasteiger partial charge is 0.480 e. The Morgan fingerprint density at radius 3 is 2.83 bits per heavy atom. The highest BCUT2D eigenvalue weighted by Gasteiger charge is 2.31. The summed E-state index contributed by atoms with van der Waals surface area (Å²) in [5.41, 5.74) is 0. The molecule has 0 bridgehead atoms. The molecule has 1 N–H and O–H groups in total. The summed E-state index contributed by atoms with van der Waals surface area (Å²) in [4.78, 5) is 11.8. The van der Waals surface area contributed by atoms with Crippen LogP contribution in [0, 0.1) is 0 Å². The van der Waals surface area contributed by atoms with E-state index in [9.17, 15) is 13.6 Å². The van der Waals surface area contributed by atoms with Crippen LogP contribution in [0.2, 0.25) is 0 Å². The summed E-state index contributed by atoms with van der Waals surface area (Å²) in [6, 6.07) is -0.695. The molecule has 0 unspecified atom stereocenters. The lowest BCUT2D eigenvalue weighted by molar-refractivity contribution is -0.142. The van der Waals surface area contributed by atoms with E-state index in [4.69, 9.17) is 5.11 Å². The van der Waals surface area contributed by atoms with E-state index in [1.807, 2.05) is 0 Å². The maximum absolute atomic E-state index is 11.9. The van der Waals surface area contributed by atoms with Gasteiger partial charge in [0.25, 0.3) is 6.43 Å². The fourth-order valence-electron chi connectivity index (χ4n) is 1.50. The molecular formula is C7H11F2NO2. The highest BCUT2D eigenvalue weighted by molar-refractivity contribution is 5.73. The van der Waals surface area contributed by atoms with Crippen molar-refractivity contribution >= 4 is 5.97 Å². The highest BCUT2D eigenvalue weighted by Crippen LogP contribution is 2.18. The predicted molar refractivity (Wildman–Crippen MR) is 38.2 cm³/mol. The minimum Gasteiger partial charge on any atom is -0.480 e. The Balaban J connectivity index is 2.46. The standard InChI is InChI=1S/C7H11F2NO2/c8-6(9)4-10-3-1-2-5(10)7(11)12/h5-6H,1-4H2,(H,11,12)/t5-/m1/s1. The van der Waals surface area contributed by atoms with E-state index in [1.54, 1.807) is 0 Å². The maximum Gasteiger partial charge on any atom is 0.320 e. The van der Waals surface area contributed by atoms with E-state index < -0.39 is 25.0 Å². The molecule has 1 aliphatic heterocycles. The molecule has 1 aliphatic rings. The molecule has 3 nitrogen and oxygen atoms in total.